The number of nitrogens with one attached hydrogen (secondary N) is 1. The smallest absolute Gasteiger partial charge is 0.306 e. The molecule has 13 nitrogen and oxygen atoms in total. The van der Waals surface area contributed by atoms with Crippen molar-refractivity contribution < 1.29 is 57.8 Å². The van der Waals surface area contributed by atoms with Crippen LogP contribution in [-0.2, 0) is 47.5 Å². The molecule has 1 aliphatic heterocycles. The second kappa shape index (κ2) is 54.1. The van der Waals surface area contributed by atoms with Crippen LogP contribution < -0.4 is 5.32 Å². The maximum Gasteiger partial charge on any atom is 0.306 e. The highest BCUT2D eigenvalue weighted by atomic mass is 16.7. The largest absolute Gasteiger partial charge is 0.462 e. The molecule has 0 bridgehead atoms. The molecule has 79 heavy (non-hydrogen) atoms. The Hall–Kier alpha value is -1.87. The van der Waals surface area contributed by atoms with Gasteiger partial charge in [-0.2, -0.15) is 0 Å². The summed E-state index contributed by atoms with van der Waals surface area (Å²) in [7, 11) is 1.49. The van der Waals surface area contributed by atoms with Crippen molar-refractivity contribution in [2.45, 2.75) is 367 Å². The van der Waals surface area contributed by atoms with Gasteiger partial charge >= 0.3 is 11.9 Å². The van der Waals surface area contributed by atoms with E-state index >= 15 is 0 Å². The van der Waals surface area contributed by atoms with Crippen LogP contribution in [-0.4, -0.2) is 111 Å². The van der Waals surface area contributed by atoms with Crippen molar-refractivity contribution in [3.8, 4) is 0 Å². The van der Waals surface area contributed by atoms with Gasteiger partial charge in [0.2, 0.25) is 5.91 Å². The van der Waals surface area contributed by atoms with Crippen molar-refractivity contribution in [1.82, 2.24) is 5.32 Å². The molecular weight excluding hydrogens is 999 g/mol. The Labute approximate surface area is 485 Å². The van der Waals surface area contributed by atoms with E-state index < -0.39 is 54.9 Å². The topological polar surface area (TPSA) is 168 Å². The van der Waals surface area contributed by atoms with Gasteiger partial charge in [0.25, 0.3) is 0 Å². The van der Waals surface area contributed by atoms with Crippen LogP contribution in [0.5, 0.6) is 0 Å². The Morgan fingerprint density at radius 2 is 0.899 bits per heavy atom. The van der Waals surface area contributed by atoms with Crippen LogP contribution in [0.2, 0.25) is 0 Å². The van der Waals surface area contributed by atoms with Crippen molar-refractivity contribution >= 4 is 17.8 Å². The summed E-state index contributed by atoms with van der Waals surface area (Å²) in [4.78, 5) is 40.9. The molecule has 1 amide bonds. The van der Waals surface area contributed by atoms with Gasteiger partial charge in [-0.15, -0.1) is 0 Å². The van der Waals surface area contributed by atoms with Crippen LogP contribution in [0, 0.1) is 5.92 Å². The first-order valence-electron chi connectivity index (χ1n) is 33.5. The van der Waals surface area contributed by atoms with Gasteiger partial charge < -0.3 is 48.7 Å². The maximum absolute atomic E-state index is 14.3. The molecule has 1 heterocycles. The van der Waals surface area contributed by atoms with E-state index in [9.17, 15) is 24.6 Å². The molecule has 468 valence electrons. The van der Waals surface area contributed by atoms with Gasteiger partial charge in [-0.3, -0.25) is 14.4 Å². The Morgan fingerprint density at radius 1 is 0.519 bits per heavy atom. The fourth-order valence-electron chi connectivity index (χ4n) is 10.9. The van der Waals surface area contributed by atoms with Crippen LogP contribution in [0.3, 0.4) is 0 Å². The van der Waals surface area contributed by atoms with Crippen molar-refractivity contribution in [2.24, 2.45) is 5.92 Å². The lowest BCUT2D eigenvalue weighted by molar-refractivity contribution is -0.278. The maximum atomic E-state index is 14.3. The molecule has 9 atom stereocenters. The van der Waals surface area contributed by atoms with E-state index in [4.69, 9.17) is 33.2 Å². The monoisotopic (exact) mass is 1130 g/mol. The number of esters is 2. The van der Waals surface area contributed by atoms with Crippen molar-refractivity contribution in [3.63, 3.8) is 0 Å². The molecule has 0 aromatic rings. The highest BCUT2D eigenvalue weighted by molar-refractivity contribution is 5.77. The van der Waals surface area contributed by atoms with Crippen LogP contribution in [0.25, 0.3) is 0 Å². The molecule has 0 spiro atoms. The fourth-order valence-corrected chi connectivity index (χ4v) is 10.9. The predicted octanol–water partition coefficient (Wildman–Crippen LogP) is 16.3. The summed E-state index contributed by atoms with van der Waals surface area (Å²) in [6.07, 6.45) is 41.8. The van der Waals surface area contributed by atoms with E-state index in [1.807, 2.05) is 6.92 Å². The zero-order valence-corrected chi connectivity index (χ0v) is 52.4. The summed E-state index contributed by atoms with van der Waals surface area (Å²) < 4.78 is 43.1. The second-order valence-electron chi connectivity index (χ2n) is 23.7. The quantitative estimate of drug-likeness (QED) is 0.0300. The van der Waals surface area contributed by atoms with Crippen molar-refractivity contribution in [2.75, 3.05) is 33.7 Å². The van der Waals surface area contributed by atoms with E-state index in [2.05, 4.69) is 33.0 Å². The number of hydrogen-bond donors (Lipinski definition) is 3. The number of aliphatic hydroxyl groups is 2. The second-order valence-corrected chi connectivity index (χ2v) is 23.7. The number of ether oxygens (including phenoxy) is 7. The summed E-state index contributed by atoms with van der Waals surface area (Å²) in [5.41, 5.74) is 0. The lowest BCUT2D eigenvalue weighted by Crippen LogP contribution is -2.63. The third-order valence-corrected chi connectivity index (χ3v) is 16.2. The summed E-state index contributed by atoms with van der Waals surface area (Å²) in [6.45, 7) is 12.1. The third kappa shape index (κ3) is 41.7. The molecule has 0 aromatic heterocycles. The number of carbonyl (C=O) groups excluding carboxylic acids is 3. The number of methoxy groups -OCH3 is 1. The molecule has 8 unspecified atom stereocenters. The molecule has 3 N–H and O–H groups in total. The minimum Gasteiger partial charge on any atom is -0.462 e. The molecule has 1 rings (SSSR count). The first-order chi connectivity index (χ1) is 38.5. The molecule has 0 aliphatic carbocycles. The number of aliphatic hydroxyl groups excluding tert-OH is 2. The fraction of sp³-hybridized carbons (Fsp3) is 0.955. The van der Waals surface area contributed by atoms with Crippen LogP contribution >= 0.6 is 0 Å². The first kappa shape index (κ1) is 75.1. The number of unbranched alkanes of at least 4 members (excludes halogenated alkanes) is 34. The number of rotatable bonds is 58. The van der Waals surface area contributed by atoms with Gasteiger partial charge in [-0.1, -0.05) is 253 Å². The van der Waals surface area contributed by atoms with Gasteiger partial charge in [-0.25, -0.2) is 0 Å². The van der Waals surface area contributed by atoms with Crippen molar-refractivity contribution in [1.29, 1.82) is 0 Å². The Morgan fingerprint density at radius 3 is 1.29 bits per heavy atom. The van der Waals surface area contributed by atoms with Gasteiger partial charge in [0.05, 0.1) is 44.6 Å². The number of carbonyl (C=O) groups is 3. The average Bonchev–Trinajstić information content (AvgIpc) is 3.45. The van der Waals surface area contributed by atoms with Gasteiger partial charge in [-0.05, 0) is 45.4 Å². The molecule has 0 saturated carbocycles. The lowest BCUT2D eigenvalue weighted by Gasteiger charge is -2.45. The molecule has 13 heteroatoms. The highest BCUT2D eigenvalue weighted by Crippen LogP contribution is 2.30. The molecular formula is C66H127NO12. The normalized spacial score (nSPS) is 19.0. The molecule has 1 saturated heterocycles. The highest BCUT2D eigenvalue weighted by Gasteiger charge is 2.46. The standard InChI is InChI=1S/C66H127NO12/c1-8-12-16-20-24-28-29-33-37-41-45-49-63(72)78-58(47-43-39-35-31-26-22-18-14-10-3)52-74-54-76-65-55(5)59(51-68)79-66(75-53-60(73-7)56(6)69)64(65)67-61(70)50-57(46-42-38-34-30-25-21-17-13-9-2)77-62(71)48-44-40-36-32-27-23-19-15-11-4/h55-60,64-66,68-69H,8-54H2,1-7H3,(H,67,70)/t55?,56-,57?,58?,59?,60?,64?,65?,66?/m0/s1. The van der Waals surface area contributed by atoms with Crippen molar-refractivity contribution in [3.05, 3.63) is 0 Å². The zero-order chi connectivity index (χ0) is 57.8. The van der Waals surface area contributed by atoms with E-state index in [1.165, 1.54) is 174 Å². The molecule has 0 aromatic carbocycles. The Balaban J connectivity index is 3.14. The SMILES string of the molecule is CCCCCCCCCCCCCC(=O)OC(CCCCCCCCCCC)COCOC1C(C)C(CO)OC(OCC(OC)[C@H](C)O)C1NC(=O)CC(CCCCCCCCCCC)OC(=O)CCCCCCCCCCC. The molecule has 1 fully saturated rings. The zero-order valence-electron chi connectivity index (χ0n) is 52.4. The minimum absolute atomic E-state index is 0.0375. The average molecular weight is 1130 g/mol. The van der Waals surface area contributed by atoms with Gasteiger partial charge in [0.15, 0.2) is 6.29 Å². The number of amides is 1. The predicted molar refractivity (Wildman–Crippen MR) is 322 cm³/mol. The van der Waals surface area contributed by atoms with E-state index in [0.717, 1.165) is 77.0 Å². The van der Waals surface area contributed by atoms with Crippen LogP contribution in [0.15, 0.2) is 0 Å². The molecule has 1 aliphatic rings. The Kier molecular flexibility index (Phi) is 51.5. The van der Waals surface area contributed by atoms with Gasteiger partial charge in [0, 0.05) is 25.9 Å². The summed E-state index contributed by atoms with van der Waals surface area (Å²) in [5.74, 6) is -1.21. The summed E-state index contributed by atoms with van der Waals surface area (Å²) >= 11 is 0. The Bertz CT molecular complexity index is 1370. The first-order valence-corrected chi connectivity index (χ1v) is 33.5. The molecule has 0 radical (unpaired) electrons. The lowest BCUT2D eigenvalue weighted by atomic mass is 9.89. The van der Waals surface area contributed by atoms with Crippen LogP contribution in [0.1, 0.15) is 318 Å². The number of hydrogen-bond acceptors (Lipinski definition) is 12. The van der Waals surface area contributed by atoms with E-state index in [1.54, 1.807) is 6.92 Å². The van der Waals surface area contributed by atoms with E-state index in [-0.39, 0.29) is 50.9 Å². The van der Waals surface area contributed by atoms with E-state index in [0.29, 0.717) is 25.7 Å². The third-order valence-electron chi connectivity index (χ3n) is 16.2. The van der Waals surface area contributed by atoms with Gasteiger partial charge in [0.1, 0.15) is 31.1 Å². The summed E-state index contributed by atoms with van der Waals surface area (Å²) in [5, 5.41) is 24.1. The summed E-state index contributed by atoms with van der Waals surface area (Å²) in [6, 6.07) is -0.868. The van der Waals surface area contributed by atoms with Crippen LogP contribution in [0.4, 0.5) is 0 Å². The minimum atomic E-state index is -1.08.